The van der Waals surface area contributed by atoms with Crippen LogP contribution in [0.5, 0.6) is 0 Å². The van der Waals surface area contributed by atoms with Gasteiger partial charge in [-0.1, -0.05) is 65.9 Å². The van der Waals surface area contributed by atoms with Crippen molar-refractivity contribution >= 4 is 11.6 Å². The fraction of sp³-hybridized carbons (Fsp3) is 0.0870. The van der Waals surface area contributed by atoms with Gasteiger partial charge in [-0.3, -0.25) is 4.79 Å². The van der Waals surface area contributed by atoms with E-state index in [2.05, 4.69) is 15.6 Å². The summed E-state index contributed by atoms with van der Waals surface area (Å²) in [7, 11) is 0. The highest BCUT2D eigenvalue weighted by Crippen LogP contribution is 2.26. The van der Waals surface area contributed by atoms with E-state index in [9.17, 15) is 9.90 Å². The molecule has 0 radical (unpaired) electrons. The molecule has 0 spiro atoms. The molecule has 0 aliphatic carbocycles. The molecule has 1 unspecified atom stereocenters. The molecule has 0 aliphatic rings. The number of hydrogen-bond donors (Lipinski definition) is 2. The number of anilines is 1. The molecule has 4 aromatic rings. The van der Waals surface area contributed by atoms with Crippen LogP contribution in [-0.2, 0) is 0 Å². The number of rotatable bonds is 5. The lowest BCUT2D eigenvalue weighted by atomic mass is 10.1. The minimum atomic E-state index is -0.620. The highest BCUT2D eigenvalue weighted by molar-refractivity contribution is 6.06. The van der Waals surface area contributed by atoms with E-state index in [1.54, 1.807) is 35.9 Å². The molecule has 4 rings (SSSR count). The van der Waals surface area contributed by atoms with Crippen LogP contribution in [-0.4, -0.2) is 26.0 Å². The smallest absolute Gasteiger partial charge is 0.278 e. The third-order valence-electron chi connectivity index (χ3n) is 4.56. The molecule has 6 nitrogen and oxygen atoms in total. The van der Waals surface area contributed by atoms with Crippen molar-refractivity contribution in [3.63, 3.8) is 0 Å². The number of aliphatic hydroxyl groups excluding tert-OH is 1. The van der Waals surface area contributed by atoms with E-state index in [0.717, 1.165) is 16.8 Å². The first-order chi connectivity index (χ1) is 14.1. The average Bonchev–Trinajstić information content (AvgIpc) is 3.20. The summed E-state index contributed by atoms with van der Waals surface area (Å²) in [5.41, 5.74) is 3.79. The van der Waals surface area contributed by atoms with Crippen molar-refractivity contribution in [2.75, 3.05) is 5.32 Å². The normalized spacial score (nSPS) is 11.8. The van der Waals surface area contributed by atoms with Crippen molar-refractivity contribution in [1.82, 2.24) is 15.0 Å². The Morgan fingerprint density at radius 2 is 1.66 bits per heavy atom. The minimum absolute atomic E-state index is 0.225. The minimum Gasteiger partial charge on any atom is -0.389 e. The molecule has 2 N–H and O–H groups in total. The molecule has 0 saturated carbocycles. The molecule has 0 aliphatic heterocycles. The molecule has 0 saturated heterocycles. The van der Waals surface area contributed by atoms with Crippen LogP contribution in [0.25, 0.3) is 16.9 Å². The van der Waals surface area contributed by atoms with Crippen molar-refractivity contribution in [2.24, 2.45) is 0 Å². The van der Waals surface area contributed by atoms with E-state index >= 15 is 0 Å². The van der Waals surface area contributed by atoms with Gasteiger partial charge in [0.15, 0.2) is 5.69 Å². The fourth-order valence-electron chi connectivity index (χ4n) is 3.11. The summed E-state index contributed by atoms with van der Waals surface area (Å²) >= 11 is 0. The van der Waals surface area contributed by atoms with E-state index in [4.69, 9.17) is 0 Å². The van der Waals surface area contributed by atoms with E-state index < -0.39 is 6.10 Å². The number of amides is 1. The fourth-order valence-corrected chi connectivity index (χ4v) is 3.11. The van der Waals surface area contributed by atoms with Crippen molar-refractivity contribution < 1.29 is 9.90 Å². The average molecular weight is 384 g/mol. The van der Waals surface area contributed by atoms with E-state index in [0.29, 0.717) is 11.4 Å². The summed E-state index contributed by atoms with van der Waals surface area (Å²) in [6.45, 7) is 1.68. The van der Waals surface area contributed by atoms with Gasteiger partial charge in [0, 0.05) is 11.3 Å². The number of aromatic nitrogens is 3. The van der Waals surface area contributed by atoms with Crippen LogP contribution >= 0.6 is 0 Å². The second-order valence-corrected chi connectivity index (χ2v) is 6.66. The second kappa shape index (κ2) is 8.08. The monoisotopic (exact) mass is 384 g/mol. The zero-order valence-electron chi connectivity index (χ0n) is 15.9. The lowest BCUT2D eigenvalue weighted by Crippen LogP contribution is -2.14. The van der Waals surface area contributed by atoms with Gasteiger partial charge in [0.2, 0.25) is 0 Å². The van der Waals surface area contributed by atoms with Gasteiger partial charge in [0.05, 0.1) is 11.8 Å². The number of carbonyl (C=O) groups excluding carboxylic acids is 1. The number of hydrogen-bond acceptors (Lipinski definition) is 4. The molecule has 1 atom stereocenters. The maximum Gasteiger partial charge on any atom is 0.278 e. The summed E-state index contributed by atoms with van der Waals surface area (Å²) in [6.07, 6.45) is -0.620. The predicted molar refractivity (Wildman–Crippen MR) is 112 cm³/mol. The third kappa shape index (κ3) is 3.93. The first-order valence-corrected chi connectivity index (χ1v) is 9.29. The molecular weight excluding hydrogens is 364 g/mol. The highest BCUT2D eigenvalue weighted by atomic mass is 16.3. The summed E-state index contributed by atoms with van der Waals surface area (Å²) in [6, 6.07) is 26.2. The van der Waals surface area contributed by atoms with Gasteiger partial charge in [-0.2, -0.15) is 0 Å². The molecule has 3 aromatic carbocycles. The van der Waals surface area contributed by atoms with Crippen LogP contribution in [0.15, 0.2) is 84.9 Å². The number of benzene rings is 3. The van der Waals surface area contributed by atoms with Gasteiger partial charge in [-0.05, 0) is 36.8 Å². The van der Waals surface area contributed by atoms with Crippen LogP contribution < -0.4 is 5.32 Å². The van der Waals surface area contributed by atoms with Gasteiger partial charge < -0.3 is 10.4 Å². The first-order valence-electron chi connectivity index (χ1n) is 9.29. The number of nitrogens with zero attached hydrogens (tertiary/aromatic N) is 3. The van der Waals surface area contributed by atoms with Gasteiger partial charge >= 0.3 is 0 Å². The number of carbonyl (C=O) groups is 1. The standard InChI is InChI=1S/C23H20N4O2/c1-16(28)18-11-8-12-19(15-18)24-23(29)21-22(17-9-4-2-5-10-17)27(26-25-21)20-13-6-3-7-14-20/h2-16,28H,1H3,(H,24,29). The van der Waals surface area contributed by atoms with Crippen LogP contribution in [0.4, 0.5) is 5.69 Å². The predicted octanol–water partition coefficient (Wildman–Crippen LogP) is 4.24. The lowest BCUT2D eigenvalue weighted by molar-refractivity contribution is 0.102. The third-order valence-corrected chi connectivity index (χ3v) is 4.56. The van der Waals surface area contributed by atoms with Crippen LogP contribution in [0.1, 0.15) is 29.1 Å². The Hall–Kier alpha value is -3.77. The molecule has 0 bridgehead atoms. The molecule has 1 heterocycles. The van der Waals surface area contributed by atoms with E-state index in [1.165, 1.54) is 0 Å². The van der Waals surface area contributed by atoms with Crippen molar-refractivity contribution in [3.05, 3.63) is 96.2 Å². The molecule has 1 amide bonds. The first kappa shape index (κ1) is 18.6. The van der Waals surface area contributed by atoms with Gasteiger partial charge in [-0.25, -0.2) is 4.68 Å². The molecule has 1 aromatic heterocycles. The number of para-hydroxylation sites is 1. The Balaban J connectivity index is 1.75. The van der Waals surface area contributed by atoms with Crippen molar-refractivity contribution in [1.29, 1.82) is 0 Å². The Morgan fingerprint density at radius 1 is 0.966 bits per heavy atom. The second-order valence-electron chi connectivity index (χ2n) is 6.66. The van der Waals surface area contributed by atoms with Crippen molar-refractivity contribution in [2.45, 2.75) is 13.0 Å². The van der Waals surface area contributed by atoms with E-state index in [1.807, 2.05) is 60.7 Å². The van der Waals surface area contributed by atoms with Crippen LogP contribution in [0.3, 0.4) is 0 Å². The molecule has 6 heteroatoms. The molecule has 0 fully saturated rings. The largest absolute Gasteiger partial charge is 0.389 e. The Bertz CT molecular complexity index is 1120. The van der Waals surface area contributed by atoms with E-state index in [-0.39, 0.29) is 11.6 Å². The Kier molecular flexibility index (Phi) is 5.18. The van der Waals surface area contributed by atoms with Crippen LogP contribution in [0.2, 0.25) is 0 Å². The molecule has 29 heavy (non-hydrogen) atoms. The summed E-state index contributed by atoms with van der Waals surface area (Å²) in [5, 5.41) is 21.1. The maximum absolute atomic E-state index is 13.0. The van der Waals surface area contributed by atoms with Gasteiger partial charge in [-0.15, -0.1) is 5.10 Å². The number of nitrogens with one attached hydrogen (secondary N) is 1. The quantitative estimate of drug-likeness (QED) is 0.539. The topological polar surface area (TPSA) is 80.0 Å². The zero-order chi connectivity index (χ0) is 20.2. The van der Waals surface area contributed by atoms with Crippen molar-refractivity contribution in [3.8, 4) is 16.9 Å². The molecule has 144 valence electrons. The highest BCUT2D eigenvalue weighted by Gasteiger charge is 2.22. The van der Waals surface area contributed by atoms with Gasteiger partial charge in [0.1, 0.15) is 5.69 Å². The lowest BCUT2D eigenvalue weighted by Gasteiger charge is -2.10. The summed E-state index contributed by atoms with van der Waals surface area (Å²) < 4.78 is 1.66. The maximum atomic E-state index is 13.0. The summed E-state index contributed by atoms with van der Waals surface area (Å²) in [5.74, 6) is -0.367. The molecular formula is C23H20N4O2. The van der Waals surface area contributed by atoms with Crippen LogP contribution in [0, 0.1) is 0 Å². The Morgan fingerprint density at radius 3 is 2.34 bits per heavy atom. The van der Waals surface area contributed by atoms with Gasteiger partial charge in [0.25, 0.3) is 5.91 Å². The zero-order valence-corrected chi connectivity index (χ0v) is 15.9. The Labute approximate surface area is 168 Å². The summed E-state index contributed by atoms with van der Waals surface area (Å²) in [4.78, 5) is 13.0. The number of aliphatic hydroxyl groups is 1. The SMILES string of the molecule is CC(O)c1cccc(NC(=O)c2nnn(-c3ccccc3)c2-c2ccccc2)c1.